The minimum Gasteiger partial charge on any atom is -0.493 e. The quantitative estimate of drug-likeness (QED) is 0.483. The predicted octanol–water partition coefficient (Wildman–Crippen LogP) is 5.69. The van der Waals surface area contributed by atoms with Gasteiger partial charge in [-0.25, -0.2) is 0 Å². The molecule has 152 valence electrons. The SMILES string of the molecule is COc1cccc(CNC(C)CCc2ccccc2)c1OCc1ccc(C)cc1. The predicted molar refractivity (Wildman–Crippen MR) is 120 cm³/mol. The number of hydrogen-bond acceptors (Lipinski definition) is 3. The second-order valence-corrected chi connectivity index (χ2v) is 7.53. The van der Waals surface area contributed by atoms with E-state index in [2.05, 4.69) is 79.8 Å². The molecule has 0 bridgehead atoms. The lowest BCUT2D eigenvalue weighted by Gasteiger charge is -2.18. The second-order valence-electron chi connectivity index (χ2n) is 7.53. The Morgan fingerprint density at radius 3 is 2.34 bits per heavy atom. The Labute approximate surface area is 174 Å². The zero-order valence-corrected chi connectivity index (χ0v) is 17.7. The van der Waals surface area contributed by atoms with Gasteiger partial charge in [0.1, 0.15) is 6.61 Å². The summed E-state index contributed by atoms with van der Waals surface area (Å²) in [6, 6.07) is 25.5. The molecule has 0 radical (unpaired) electrons. The van der Waals surface area contributed by atoms with Crippen LogP contribution in [0.15, 0.2) is 72.8 Å². The highest BCUT2D eigenvalue weighted by atomic mass is 16.5. The third-order valence-electron chi connectivity index (χ3n) is 5.13. The standard InChI is InChI=1S/C26H31NO2/c1-20-12-15-23(16-13-20)19-29-26-24(10-7-11-25(26)28-3)18-27-21(2)14-17-22-8-5-4-6-9-22/h4-13,15-16,21,27H,14,17-19H2,1-3H3. The van der Waals surface area contributed by atoms with Gasteiger partial charge in [-0.3, -0.25) is 0 Å². The summed E-state index contributed by atoms with van der Waals surface area (Å²) in [5.41, 5.74) is 4.89. The first-order valence-corrected chi connectivity index (χ1v) is 10.3. The summed E-state index contributed by atoms with van der Waals surface area (Å²) in [6.07, 6.45) is 2.16. The Kier molecular flexibility index (Phi) is 7.71. The van der Waals surface area contributed by atoms with Crippen molar-refractivity contribution in [2.24, 2.45) is 0 Å². The smallest absolute Gasteiger partial charge is 0.166 e. The van der Waals surface area contributed by atoms with Crippen molar-refractivity contribution in [2.45, 2.75) is 45.9 Å². The van der Waals surface area contributed by atoms with Crippen LogP contribution in [-0.4, -0.2) is 13.2 Å². The molecule has 3 heteroatoms. The Morgan fingerprint density at radius 1 is 0.862 bits per heavy atom. The molecule has 1 atom stereocenters. The van der Waals surface area contributed by atoms with E-state index >= 15 is 0 Å². The van der Waals surface area contributed by atoms with Gasteiger partial charge < -0.3 is 14.8 Å². The molecular formula is C26H31NO2. The zero-order chi connectivity index (χ0) is 20.5. The molecule has 0 saturated heterocycles. The molecule has 0 heterocycles. The van der Waals surface area contributed by atoms with Gasteiger partial charge in [0, 0.05) is 18.2 Å². The fourth-order valence-electron chi connectivity index (χ4n) is 3.28. The molecule has 1 N–H and O–H groups in total. The van der Waals surface area contributed by atoms with Gasteiger partial charge in [0.15, 0.2) is 11.5 Å². The van der Waals surface area contributed by atoms with Gasteiger partial charge in [0.25, 0.3) is 0 Å². The van der Waals surface area contributed by atoms with E-state index < -0.39 is 0 Å². The molecule has 0 aliphatic rings. The number of rotatable bonds is 10. The van der Waals surface area contributed by atoms with Crippen molar-refractivity contribution >= 4 is 0 Å². The fourth-order valence-corrected chi connectivity index (χ4v) is 3.28. The summed E-state index contributed by atoms with van der Waals surface area (Å²) in [6.45, 7) is 5.59. The molecule has 0 aliphatic carbocycles. The van der Waals surface area contributed by atoms with Gasteiger partial charge in [0.05, 0.1) is 7.11 Å². The van der Waals surface area contributed by atoms with Crippen LogP contribution in [0.5, 0.6) is 11.5 Å². The van der Waals surface area contributed by atoms with E-state index in [0.717, 1.165) is 42.0 Å². The molecule has 0 saturated carbocycles. The number of aryl methyl sites for hydroxylation is 2. The lowest BCUT2D eigenvalue weighted by molar-refractivity contribution is 0.280. The molecule has 0 fully saturated rings. The molecular weight excluding hydrogens is 358 g/mol. The van der Waals surface area contributed by atoms with Crippen molar-refractivity contribution in [3.63, 3.8) is 0 Å². The van der Waals surface area contributed by atoms with Crippen molar-refractivity contribution in [2.75, 3.05) is 7.11 Å². The summed E-state index contributed by atoms with van der Waals surface area (Å²) in [5.74, 6) is 1.59. The minimum absolute atomic E-state index is 0.409. The molecule has 0 aliphatic heterocycles. The average Bonchev–Trinajstić information content (AvgIpc) is 2.76. The summed E-state index contributed by atoms with van der Waals surface area (Å²) in [7, 11) is 1.69. The molecule has 0 amide bonds. The van der Waals surface area contributed by atoms with Crippen molar-refractivity contribution in [3.8, 4) is 11.5 Å². The van der Waals surface area contributed by atoms with E-state index in [9.17, 15) is 0 Å². The van der Waals surface area contributed by atoms with Gasteiger partial charge in [0.2, 0.25) is 0 Å². The zero-order valence-electron chi connectivity index (χ0n) is 17.7. The second kappa shape index (κ2) is 10.7. The first-order chi connectivity index (χ1) is 14.2. The normalized spacial score (nSPS) is 11.8. The Morgan fingerprint density at radius 2 is 1.62 bits per heavy atom. The molecule has 3 aromatic carbocycles. The summed E-state index contributed by atoms with van der Waals surface area (Å²) >= 11 is 0. The van der Waals surface area contributed by atoms with Crippen molar-refractivity contribution in [1.29, 1.82) is 0 Å². The van der Waals surface area contributed by atoms with Gasteiger partial charge in [-0.2, -0.15) is 0 Å². The van der Waals surface area contributed by atoms with Gasteiger partial charge in [-0.1, -0.05) is 72.3 Å². The third-order valence-corrected chi connectivity index (χ3v) is 5.13. The van der Waals surface area contributed by atoms with Gasteiger partial charge in [-0.15, -0.1) is 0 Å². The Balaban J connectivity index is 1.60. The highest BCUT2D eigenvalue weighted by molar-refractivity contribution is 5.46. The first-order valence-electron chi connectivity index (χ1n) is 10.3. The van der Waals surface area contributed by atoms with Crippen molar-refractivity contribution in [1.82, 2.24) is 5.32 Å². The van der Waals surface area contributed by atoms with Crippen LogP contribution in [0, 0.1) is 6.92 Å². The average molecular weight is 390 g/mol. The molecule has 29 heavy (non-hydrogen) atoms. The largest absolute Gasteiger partial charge is 0.493 e. The number of methoxy groups -OCH3 is 1. The highest BCUT2D eigenvalue weighted by Crippen LogP contribution is 2.32. The summed E-state index contributed by atoms with van der Waals surface area (Å²) in [5, 5.41) is 3.63. The number of benzene rings is 3. The van der Waals surface area contributed by atoms with Crippen molar-refractivity contribution in [3.05, 3.63) is 95.1 Å². The Hall–Kier alpha value is -2.78. The minimum atomic E-state index is 0.409. The molecule has 0 spiro atoms. The number of para-hydroxylation sites is 1. The van der Waals surface area contributed by atoms with Crippen LogP contribution < -0.4 is 14.8 Å². The van der Waals surface area contributed by atoms with E-state index in [1.807, 2.05) is 12.1 Å². The first kappa shape index (κ1) is 20.9. The van der Waals surface area contributed by atoms with Gasteiger partial charge in [-0.05, 0) is 43.9 Å². The molecule has 1 unspecified atom stereocenters. The van der Waals surface area contributed by atoms with E-state index in [4.69, 9.17) is 9.47 Å². The lowest BCUT2D eigenvalue weighted by Crippen LogP contribution is -2.26. The highest BCUT2D eigenvalue weighted by Gasteiger charge is 2.12. The third kappa shape index (κ3) is 6.37. The van der Waals surface area contributed by atoms with Crippen LogP contribution >= 0.6 is 0 Å². The molecule has 3 rings (SSSR count). The molecule has 3 aromatic rings. The number of ether oxygens (including phenoxy) is 2. The number of hydrogen-bond donors (Lipinski definition) is 1. The van der Waals surface area contributed by atoms with E-state index in [1.165, 1.54) is 11.1 Å². The Bertz CT molecular complexity index is 875. The van der Waals surface area contributed by atoms with E-state index in [-0.39, 0.29) is 0 Å². The van der Waals surface area contributed by atoms with Crippen LogP contribution in [0.3, 0.4) is 0 Å². The molecule has 3 nitrogen and oxygen atoms in total. The summed E-state index contributed by atoms with van der Waals surface area (Å²) < 4.78 is 11.7. The van der Waals surface area contributed by atoms with E-state index in [0.29, 0.717) is 12.6 Å². The van der Waals surface area contributed by atoms with Crippen molar-refractivity contribution < 1.29 is 9.47 Å². The van der Waals surface area contributed by atoms with Crippen LogP contribution in [0.1, 0.15) is 35.6 Å². The fraction of sp³-hybridized carbons (Fsp3) is 0.308. The monoisotopic (exact) mass is 389 g/mol. The molecule has 0 aromatic heterocycles. The van der Waals surface area contributed by atoms with Gasteiger partial charge >= 0.3 is 0 Å². The maximum Gasteiger partial charge on any atom is 0.166 e. The topological polar surface area (TPSA) is 30.5 Å². The maximum atomic E-state index is 6.18. The van der Waals surface area contributed by atoms with Crippen LogP contribution in [0.4, 0.5) is 0 Å². The van der Waals surface area contributed by atoms with Crippen LogP contribution in [0.2, 0.25) is 0 Å². The van der Waals surface area contributed by atoms with Crippen LogP contribution in [-0.2, 0) is 19.6 Å². The lowest BCUT2D eigenvalue weighted by atomic mass is 10.1. The van der Waals surface area contributed by atoms with Crippen LogP contribution in [0.25, 0.3) is 0 Å². The number of nitrogens with one attached hydrogen (secondary N) is 1. The van der Waals surface area contributed by atoms with E-state index in [1.54, 1.807) is 7.11 Å². The summed E-state index contributed by atoms with van der Waals surface area (Å²) in [4.78, 5) is 0. The maximum absolute atomic E-state index is 6.18.